The normalized spacial score (nSPS) is 11.8. The second-order valence-electron chi connectivity index (χ2n) is 5.49. The van der Waals surface area contributed by atoms with E-state index in [0.717, 1.165) is 0 Å². The summed E-state index contributed by atoms with van der Waals surface area (Å²) in [5, 5.41) is 18.9. The second-order valence-corrected chi connectivity index (χ2v) is 5.49. The number of aliphatic hydroxyl groups is 2. The number of carbonyl (C=O) groups excluding carboxylic acids is 1. The van der Waals surface area contributed by atoms with Crippen molar-refractivity contribution in [2.45, 2.75) is 5.92 Å². The number of benzene rings is 2. The van der Waals surface area contributed by atoms with E-state index in [1.165, 1.54) is 22.3 Å². The van der Waals surface area contributed by atoms with Gasteiger partial charge in [0.1, 0.15) is 6.61 Å². The van der Waals surface area contributed by atoms with Crippen LogP contribution in [0.1, 0.15) is 17.0 Å². The standard InChI is InChI=1S/C17H17NO3.C2H7NO/c19-10-9-18-17(20)21-11-16-14-7-3-1-5-12(14)13-6-2-4-8-15(13)16;3-1-2-4/h1-8,16,19H,9-11H2,(H,18,20);4H,1-3H2. The first-order valence-electron chi connectivity index (χ1n) is 8.23. The van der Waals surface area contributed by atoms with Gasteiger partial charge >= 0.3 is 6.09 Å². The Bertz CT molecular complexity index is 643. The zero-order valence-electron chi connectivity index (χ0n) is 14.0. The summed E-state index contributed by atoms with van der Waals surface area (Å²) >= 11 is 0. The number of ether oxygens (including phenoxy) is 1. The van der Waals surface area contributed by atoms with E-state index in [9.17, 15) is 4.79 Å². The summed E-state index contributed by atoms with van der Waals surface area (Å²) in [5.74, 6) is 0.0669. The SMILES string of the molecule is NCCO.O=C(NCCO)OCC1c2ccccc2-c2ccccc21. The Morgan fingerprint density at radius 1 is 1.00 bits per heavy atom. The van der Waals surface area contributed by atoms with E-state index in [-0.39, 0.29) is 25.7 Å². The zero-order chi connectivity index (χ0) is 18.1. The Balaban J connectivity index is 0.000000511. The third-order valence-corrected chi connectivity index (χ3v) is 3.85. The number of alkyl carbamates (subject to hydrolysis) is 1. The largest absolute Gasteiger partial charge is 0.449 e. The molecule has 1 aliphatic carbocycles. The molecule has 1 amide bonds. The minimum absolute atomic E-state index is 0.0669. The molecular formula is C19H24N2O4. The Morgan fingerprint density at radius 2 is 1.52 bits per heavy atom. The molecule has 6 heteroatoms. The summed E-state index contributed by atoms with van der Waals surface area (Å²) in [4.78, 5) is 11.5. The van der Waals surface area contributed by atoms with Crippen molar-refractivity contribution in [3.05, 3.63) is 59.7 Å². The first-order chi connectivity index (χ1) is 12.2. The molecular weight excluding hydrogens is 320 g/mol. The van der Waals surface area contributed by atoms with Crippen molar-refractivity contribution >= 4 is 6.09 Å². The van der Waals surface area contributed by atoms with Gasteiger partial charge in [0.15, 0.2) is 0 Å². The lowest BCUT2D eigenvalue weighted by atomic mass is 9.98. The topological polar surface area (TPSA) is 105 Å². The molecule has 3 rings (SSSR count). The monoisotopic (exact) mass is 344 g/mol. The zero-order valence-corrected chi connectivity index (χ0v) is 14.0. The molecule has 0 unspecified atom stereocenters. The van der Waals surface area contributed by atoms with E-state index in [0.29, 0.717) is 13.2 Å². The average Bonchev–Trinajstić information content (AvgIpc) is 2.99. The molecule has 5 N–H and O–H groups in total. The maximum atomic E-state index is 11.5. The molecule has 0 aromatic heterocycles. The van der Waals surface area contributed by atoms with Gasteiger partial charge in [-0.15, -0.1) is 0 Å². The van der Waals surface area contributed by atoms with Crippen LogP contribution in [0.4, 0.5) is 4.79 Å². The molecule has 134 valence electrons. The van der Waals surface area contributed by atoms with Crippen molar-refractivity contribution in [3.63, 3.8) is 0 Å². The molecule has 25 heavy (non-hydrogen) atoms. The number of nitrogens with two attached hydrogens (primary N) is 1. The average molecular weight is 344 g/mol. The van der Waals surface area contributed by atoms with Gasteiger partial charge in [0.25, 0.3) is 0 Å². The Kier molecular flexibility index (Phi) is 7.40. The van der Waals surface area contributed by atoms with Gasteiger partial charge in [0.05, 0.1) is 13.2 Å². The van der Waals surface area contributed by atoms with Gasteiger partial charge in [0.2, 0.25) is 0 Å². The summed E-state index contributed by atoms with van der Waals surface area (Å²) < 4.78 is 5.28. The predicted molar refractivity (Wildman–Crippen MR) is 96.3 cm³/mol. The van der Waals surface area contributed by atoms with Gasteiger partial charge < -0.3 is 26.0 Å². The fourth-order valence-electron chi connectivity index (χ4n) is 2.81. The first-order valence-corrected chi connectivity index (χ1v) is 8.23. The highest BCUT2D eigenvalue weighted by Crippen LogP contribution is 2.44. The molecule has 2 aromatic carbocycles. The van der Waals surface area contributed by atoms with Crippen molar-refractivity contribution in [2.24, 2.45) is 5.73 Å². The van der Waals surface area contributed by atoms with Crippen LogP contribution in [0.2, 0.25) is 0 Å². The Labute approximate surface area is 147 Å². The Hall–Kier alpha value is -2.41. The van der Waals surface area contributed by atoms with Crippen molar-refractivity contribution in [2.75, 3.05) is 32.9 Å². The van der Waals surface area contributed by atoms with Crippen LogP contribution in [0.15, 0.2) is 48.5 Å². The van der Waals surface area contributed by atoms with Crippen molar-refractivity contribution < 1.29 is 19.7 Å². The molecule has 0 saturated heterocycles. The molecule has 1 aliphatic rings. The molecule has 0 saturated carbocycles. The minimum Gasteiger partial charge on any atom is -0.449 e. The summed E-state index contributed by atoms with van der Waals surface area (Å²) in [6, 6.07) is 16.4. The number of nitrogens with one attached hydrogen (secondary N) is 1. The van der Waals surface area contributed by atoms with Crippen molar-refractivity contribution in [1.82, 2.24) is 5.32 Å². The van der Waals surface area contributed by atoms with Crippen molar-refractivity contribution in [3.8, 4) is 11.1 Å². The van der Waals surface area contributed by atoms with Crippen LogP contribution in [0.25, 0.3) is 11.1 Å². The van der Waals surface area contributed by atoms with Gasteiger partial charge in [-0.3, -0.25) is 0 Å². The smallest absolute Gasteiger partial charge is 0.407 e. The highest BCUT2D eigenvalue weighted by molar-refractivity contribution is 5.79. The lowest BCUT2D eigenvalue weighted by molar-refractivity contribution is 0.140. The molecule has 2 aromatic rings. The van der Waals surface area contributed by atoms with Gasteiger partial charge in [-0.1, -0.05) is 48.5 Å². The quantitative estimate of drug-likeness (QED) is 0.657. The second kappa shape index (κ2) is 9.78. The number of carbonyl (C=O) groups is 1. The lowest BCUT2D eigenvalue weighted by Crippen LogP contribution is -2.28. The molecule has 0 bridgehead atoms. The molecule has 0 heterocycles. The van der Waals surface area contributed by atoms with Crippen LogP contribution in [0.3, 0.4) is 0 Å². The van der Waals surface area contributed by atoms with Crippen LogP contribution in [-0.2, 0) is 4.74 Å². The van der Waals surface area contributed by atoms with Crippen LogP contribution < -0.4 is 11.1 Å². The van der Waals surface area contributed by atoms with E-state index in [4.69, 9.17) is 20.7 Å². The molecule has 0 spiro atoms. The van der Waals surface area contributed by atoms with Crippen LogP contribution >= 0.6 is 0 Å². The van der Waals surface area contributed by atoms with Gasteiger partial charge in [-0.25, -0.2) is 4.79 Å². The highest BCUT2D eigenvalue weighted by atomic mass is 16.5. The first kappa shape index (κ1) is 18.9. The maximum absolute atomic E-state index is 11.5. The van der Waals surface area contributed by atoms with Gasteiger partial charge in [0, 0.05) is 19.0 Å². The number of hydrogen-bond donors (Lipinski definition) is 4. The van der Waals surface area contributed by atoms with E-state index in [1.54, 1.807) is 0 Å². The molecule has 0 fully saturated rings. The van der Waals surface area contributed by atoms with Crippen LogP contribution in [-0.4, -0.2) is 49.2 Å². The summed E-state index contributed by atoms with van der Waals surface area (Å²) in [5.41, 5.74) is 9.57. The summed E-state index contributed by atoms with van der Waals surface area (Å²) in [6.45, 7) is 0.881. The number of aliphatic hydroxyl groups excluding tert-OH is 2. The number of hydrogen-bond acceptors (Lipinski definition) is 5. The number of amides is 1. The van der Waals surface area contributed by atoms with Gasteiger partial charge in [-0.2, -0.15) is 0 Å². The fourth-order valence-corrected chi connectivity index (χ4v) is 2.81. The maximum Gasteiger partial charge on any atom is 0.407 e. The lowest BCUT2D eigenvalue weighted by Gasteiger charge is -2.14. The number of rotatable bonds is 5. The third kappa shape index (κ3) is 4.79. The van der Waals surface area contributed by atoms with E-state index >= 15 is 0 Å². The molecule has 0 radical (unpaired) electrons. The summed E-state index contributed by atoms with van der Waals surface area (Å²) in [6.07, 6.45) is -0.495. The molecule has 0 atom stereocenters. The van der Waals surface area contributed by atoms with E-state index in [2.05, 4.69) is 29.6 Å². The van der Waals surface area contributed by atoms with Crippen molar-refractivity contribution in [1.29, 1.82) is 0 Å². The Morgan fingerprint density at radius 3 is 2.00 bits per heavy atom. The highest BCUT2D eigenvalue weighted by Gasteiger charge is 2.28. The van der Waals surface area contributed by atoms with Crippen LogP contribution in [0, 0.1) is 0 Å². The third-order valence-electron chi connectivity index (χ3n) is 3.85. The predicted octanol–water partition coefficient (Wildman–Crippen LogP) is 1.45. The fraction of sp³-hybridized carbons (Fsp3) is 0.316. The minimum atomic E-state index is -0.495. The van der Waals surface area contributed by atoms with Gasteiger partial charge in [-0.05, 0) is 22.3 Å². The van der Waals surface area contributed by atoms with Crippen LogP contribution in [0.5, 0.6) is 0 Å². The summed E-state index contributed by atoms with van der Waals surface area (Å²) in [7, 11) is 0. The van der Waals surface area contributed by atoms with E-state index < -0.39 is 6.09 Å². The van der Waals surface area contributed by atoms with E-state index in [1.807, 2.05) is 24.3 Å². The molecule has 6 nitrogen and oxygen atoms in total. The molecule has 0 aliphatic heterocycles. The number of fused-ring (bicyclic) bond motifs is 3.